The maximum absolute atomic E-state index is 11.6. The monoisotopic (exact) mass is 359 g/mol. The molecular formula is C18H37N3O4. The Labute approximate surface area is 152 Å². The van der Waals surface area contributed by atoms with E-state index in [2.05, 4.69) is 29.8 Å². The van der Waals surface area contributed by atoms with Crippen LogP contribution in [0.4, 0.5) is 0 Å². The molecule has 0 fully saturated rings. The third kappa shape index (κ3) is 19.0. The molecule has 148 valence electrons. The fraction of sp³-hybridized carbons (Fsp3) is 0.889. The van der Waals surface area contributed by atoms with Gasteiger partial charge in [-0.15, -0.1) is 0 Å². The first-order valence-corrected chi connectivity index (χ1v) is 9.34. The van der Waals surface area contributed by atoms with Crippen LogP contribution in [-0.4, -0.2) is 63.9 Å². The molecule has 2 amide bonds. The second kappa shape index (κ2) is 16.3. The molecule has 7 nitrogen and oxygen atoms in total. The number of amides is 2. The quantitative estimate of drug-likeness (QED) is 0.359. The molecule has 0 saturated heterocycles. The fourth-order valence-electron chi connectivity index (χ4n) is 1.99. The number of nitrogens with one attached hydrogen (secondary N) is 3. The summed E-state index contributed by atoms with van der Waals surface area (Å²) in [7, 11) is 0. The zero-order valence-electron chi connectivity index (χ0n) is 16.4. The van der Waals surface area contributed by atoms with Crippen LogP contribution in [0.5, 0.6) is 0 Å². The van der Waals surface area contributed by atoms with Gasteiger partial charge in [0.2, 0.25) is 11.8 Å². The smallest absolute Gasteiger partial charge is 0.222 e. The largest absolute Gasteiger partial charge is 0.379 e. The van der Waals surface area contributed by atoms with Crippen molar-refractivity contribution in [3.8, 4) is 0 Å². The summed E-state index contributed by atoms with van der Waals surface area (Å²) in [6.45, 7) is 12.1. The summed E-state index contributed by atoms with van der Waals surface area (Å²) in [6.07, 6.45) is 1.83. The lowest BCUT2D eigenvalue weighted by Crippen LogP contribution is -2.30. The molecule has 0 aliphatic rings. The van der Waals surface area contributed by atoms with E-state index >= 15 is 0 Å². The molecule has 0 aliphatic carbocycles. The Balaban J connectivity index is 3.27. The Kier molecular flexibility index (Phi) is 15.5. The van der Waals surface area contributed by atoms with Crippen LogP contribution in [0.2, 0.25) is 0 Å². The van der Waals surface area contributed by atoms with Crippen molar-refractivity contribution >= 4 is 11.8 Å². The topological polar surface area (TPSA) is 88.7 Å². The van der Waals surface area contributed by atoms with Crippen LogP contribution in [0.15, 0.2) is 0 Å². The second-order valence-electron chi connectivity index (χ2n) is 6.74. The van der Waals surface area contributed by atoms with Crippen LogP contribution in [0.25, 0.3) is 0 Å². The van der Waals surface area contributed by atoms with Gasteiger partial charge in [0.1, 0.15) is 0 Å². The molecule has 7 heteroatoms. The third-order valence-electron chi connectivity index (χ3n) is 3.24. The number of carbonyl (C=O) groups excluding carboxylic acids is 2. The lowest BCUT2D eigenvalue weighted by atomic mass is 10.1. The SMILES string of the molecule is CC(C)CC(=O)NCCOCCOCCC(=O)NCCCNC(C)C. The first-order chi connectivity index (χ1) is 11.9. The van der Waals surface area contributed by atoms with Crippen LogP contribution in [0, 0.1) is 5.92 Å². The highest BCUT2D eigenvalue weighted by Gasteiger charge is 2.03. The molecule has 0 bridgehead atoms. The van der Waals surface area contributed by atoms with E-state index < -0.39 is 0 Å². The number of hydrogen-bond acceptors (Lipinski definition) is 5. The molecule has 0 radical (unpaired) electrons. The van der Waals surface area contributed by atoms with Crippen LogP contribution in [0.1, 0.15) is 47.0 Å². The van der Waals surface area contributed by atoms with Gasteiger partial charge in [-0.05, 0) is 18.9 Å². The van der Waals surface area contributed by atoms with Crippen molar-refractivity contribution in [1.82, 2.24) is 16.0 Å². The zero-order chi connectivity index (χ0) is 18.9. The Bertz CT molecular complexity index is 349. The van der Waals surface area contributed by atoms with E-state index in [1.807, 2.05) is 13.8 Å². The minimum atomic E-state index is 0.0123. The van der Waals surface area contributed by atoms with Crippen molar-refractivity contribution in [2.24, 2.45) is 5.92 Å². The zero-order valence-corrected chi connectivity index (χ0v) is 16.4. The summed E-state index contributed by atoms with van der Waals surface area (Å²) in [4.78, 5) is 23.0. The molecule has 25 heavy (non-hydrogen) atoms. The van der Waals surface area contributed by atoms with E-state index in [-0.39, 0.29) is 11.8 Å². The lowest BCUT2D eigenvalue weighted by molar-refractivity contribution is -0.122. The Morgan fingerprint density at radius 2 is 1.44 bits per heavy atom. The van der Waals surface area contributed by atoms with Crippen molar-refractivity contribution in [2.45, 2.75) is 53.0 Å². The van der Waals surface area contributed by atoms with Gasteiger partial charge in [-0.25, -0.2) is 0 Å². The summed E-state index contributed by atoms with van der Waals surface area (Å²) < 4.78 is 10.7. The highest BCUT2D eigenvalue weighted by atomic mass is 16.5. The fourth-order valence-corrected chi connectivity index (χ4v) is 1.99. The van der Waals surface area contributed by atoms with Crippen molar-refractivity contribution in [2.75, 3.05) is 46.1 Å². The summed E-state index contributed by atoms with van der Waals surface area (Å²) >= 11 is 0. The minimum Gasteiger partial charge on any atom is -0.379 e. The van der Waals surface area contributed by atoms with E-state index in [0.29, 0.717) is 64.3 Å². The standard InChI is InChI=1S/C18H37N3O4/c1-15(2)14-18(23)21-9-11-25-13-12-24-10-6-17(22)20-8-5-7-19-16(3)4/h15-16,19H,5-14H2,1-4H3,(H,20,22)(H,21,23). The molecule has 0 aromatic carbocycles. The maximum atomic E-state index is 11.6. The third-order valence-corrected chi connectivity index (χ3v) is 3.24. The summed E-state index contributed by atoms with van der Waals surface area (Å²) in [5.41, 5.74) is 0. The van der Waals surface area contributed by atoms with Gasteiger partial charge in [-0.1, -0.05) is 27.7 Å². The molecular weight excluding hydrogens is 322 g/mol. The van der Waals surface area contributed by atoms with Crippen LogP contribution in [-0.2, 0) is 19.1 Å². The van der Waals surface area contributed by atoms with Gasteiger partial charge in [-0.2, -0.15) is 0 Å². The van der Waals surface area contributed by atoms with Gasteiger partial charge in [0.15, 0.2) is 0 Å². The van der Waals surface area contributed by atoms with E-state index in [1.165, 1.54) is 0 Å². The van der Waals surface area contributed by atoms with Gasteiger partial charge < -0.3 is 25.4 Å². The molecule has 0 saturated carbocycles. The van der Waals surface area contributed by atoms with Crippen molar-refractivity contribution < 1.29 is 19.1 Å². The van der Waals surface area contributed by atoms with Gasteiger partial charge in [0.05, 0.1) is 26.4 Å². The molecule has 0 rings (SSSR count). The van der Waals surface area contributed by atoms with Crippen LogP contribution < -0.4 is 16.0 Å². The molecule has 0 aromatic rings. The lowest BCUT2D eigenvalue weighted by Gasteiger charge is -2.09. The van der Waals surface area contributed by atoms with Crippen LogP contribution in [0.3, 0.4) is 0 Å². The van der Waals surface area contributed by atoms with E-state index in [4.69, 9.17) is 9.47 Å². The predicted molar refractivity (Wildman–Crippen MR) is 99.5 cm³/mol. The van der Waals surface area contributed by atoms with Gasteiger partial charge in [0.25, 0.3) is 0 Å². The molecule has 0 spiro atoms. The molecule has 3 N–H and O–H groups in total. The van der Waals surface area contributed by atoms with Crippen molar-refractivity contribution in [3.05, 3.63) is 0 Å². The van der Waals surface area contributed by atoms with Crippen LogP contribution >= 0.6 is 0 Å². The summed E-state index contributed by atoms with van der Waals surface area (Å²) in [5, 5.41) is 8.97. The molecule has 0 aromatic heterocycles. The van der Waals surface area contributed by atoms with Gasteiger partial charge >= 0.3 is 0 Å². The van der Waals surface area contributed by atoms with Gasteiger partial charge in [0, 0.05) is 32.0 Å². The average molecular weight is 360 g/mol. The van der Waals surface area contributed by atoms with E-state index in [1.54, 1.807) is 0 Å². The van der Waals surface area contributed by atoms with Gasteiger partial charge in [-0.3, -0.25) is 9.59 Å². The first kappa shape index (κ1) is 23.8. The normalized spacial score (nSPS) is 11.1. The Morgan fingerprint density at radius 1 is 0.800 bits per heavy atom. The van der Waals surface area contributed by atoms with Crippen molar-refractivity contribution in [3.63, 3.8) is 0 Å². The molecule has 0 unspecified atom stereocenters. The minimum absolute atomic E-state index is 0.0123. The Hall–Kier alpha value is -1.18. The Morgan fingerprint density at radius 3 is 2.08 bits per heavy atom. The first-order valence-electron chi connectivity index (χ1n) is 9.34. The van der Waals surface area contributed by atoms with E-state index in [0.717, 1.165) is 13.0 Å². The summed E-state index contributed by atoms with van der Waals surface area (Å²) in [5.74, 6) is 0.433. The highest BCUT2D eigenvalue weighted by Crippen LogP contribution is 1.97. The molecule has 0 heterocycles. The maximum Gasteiger partial charge on any atom is 0.222 e. The van der Waals surface area contributed by atoms with E-state index in [9.17, 15) is 9.59 Å². The number of carbonyl (C=O) groups is 2. The number of rotatable bonds is 16. The van der Waals surface area contributed by atoms with Crippen molar-refractivity contribution in [1.29, 1.82) is 0 Å². The summed E-state index contributed by atoms with van der Waals surface area (Å²) in [6, 6.07) is 0.475. The second-order valence-corrected chi connectivity index (χ2v) is 6.74. The highest BCUT2D eigenvalue weighted by molar-refractivity contribution is 5.76. The number of ether oxygens (including phenoxy) is 2. The number of hydrogen-bond donors (Lipinski definition) is 3. The predicted octanol–water partition coefficient (Wildman–Crippen LogP) is 1.08. The molecule has 0 atom stereocenters. The average Bonchev–Trinajstić information content (AvgIpc) is 2.51. The molecule has 0 aliphatic heterocycles.